The van der Waals surface area contributed by atoms with Gasteiger partial charge in [0.25, 0.3) is 0 Å². The van der Waals surface area contributed by atoms with Gasteiger partial charge in [-0.2, -0.15) is 0 Å². The van der Waals surface area contributed by atoms with E-state index in [-0.39, 0.29) is 0 Å². The molecule has 2 heteroatoms. The second-order valence-corrected chi connectivity index (χ2v) is 3.68. The highest BCUT2D eigenvalue weighted by molar-refractivity contribution is 9.09. The summed E-state index contributed by atoms with van der Waals surface area (Å²) < 4.78 is 5.42. The van der Waals surface area contributed by atoms with Crippen molar-refractivity contribution in [1.29, 1.82) is 0 Å². The average Bonchev–Trinajstić information content (AvgIpc) is 1.97. The normalized spacial score (nSPS) is 12.6. The first-order valence-corrected chi connectivity index (χ1v) is 5.12. The van der Waals surface area contributed by atoms with Crippen LogP contribution in [0.2, 0.25) is 0 Å². The third-order valence-electron chi connectivity index (χ3n) is 1.25. The molecule has 1 nitrogen and oxygen atoms in total. The lowest BCUT2D eigenvalue weighted by molar-refractivity contribution is 0.0972. The Balaban J connectivity index is 3.42. The van der Waals surface area contributed by atoms with Crippen molar-refractivity contribution in [1.82, 2.24) is 0 Å². The first kappa shape index (κ1) is 11.2. The van der Waals surface area contributed by atoms with Gasteiger partial charge in [0.05, 0.1) is 12.7 Å². The lowest BCUT2D eigenvalue weighted by Crippen LogP contribution is -2.04. The lowest BCUT2D eigenvalue weighted by Gasteiger charge is -2.06. The number of rotatable bonds is 5. The Labute approximate surface area is 78.0 Å². The van der Waals surface area contributed by atoms with Crippen LogP contribution in [0.3, 0.4) is 0 Å². The number of hydrogen-bond acceptors (Lipinski definition) is 1. The molecule has 0 fully saturated rings. The molecule has 66 valence electrons. The topological polar surface area (TPSA) is 9.23 Å². The Kier molecular flexibility index (Phi) is 6.98. The summed E-state index contributed by atoms with van der Waals surface area (Å²) in [7, 11) is 0. The average molecular weight is 221 g/mol. The van der Waals surface area contributed by atoms with E-state index in [0.29, 0.717) is 6.10 Å². The maximum Gasteiger partial charge on any atom is 0.0677 e. The van der Waals surface area contributed by atoms with E-state index in [1.165, 1.54) is 5.57 Å². The van der Waals surface area contributed by atoms with Crippen molar-refractivity contribution in [3.8, 4) is 0 Å². The van der Waals surface area contributed by atoms with Crippen molar-refractivity contribution in [2.24, 2.45) is 0 Å². The molecule has 0 unspecified atom stereocenters. The Morgan fingerprint density at radius 1 is 1.55 bits per heavy atom. The minimum atomic E-state index is 0.335. The SMILES string of the molecule is CC(=CCCBr)COC(C)C. The number of ether oxygens (including phenoxy) is 1. The molecule has 0 bridgehead atoms. The Morgan fingerprint density at radius 3 is 2.64 bits per heavy atom. The molecule has 0 saturated heterocycles. The monoisotopic (exact) mass is 220 g/mol. The van der Waals surface area contributed by atoms with Crippen LogP contribution in [0.15, 0.2) is 11.6 Å². The van der Waals surface area contributed by atoms with Crippen molar-refractivity contribution < 1.29 is 4.74 Å². The zero-order chi connectivity index (χ0) is 8.69. The molecular weight excluding hydrogens is 204 g/mol. The predicted molar refractivity (Wildman–Crippen MR) is 53.3 cm³/mol. The van der Waals surface area contributed by atoms with E-state index in [1.807, 2.05) is 0 Å². The summed E-state index contributed by atoms with van der Waals surface area (Å²) in [4.78, 5) is 0. The second-order valence-electron chi connectivity index (χ2n) is 2.89. The van der Waals surface area contributed by atoms with Gasteiger partial charge >= 0.3 is 0 Å². The van der Waals surface area contributed by atoms with E-state index in [1.54, 1.807) is 0 Å². The smallest absolute Gasteiger partial charge is 0.0677 e. The molecule has 0 aromatic heterocycles. The highest BCUT2D eigenvalue weighted by Crippen LogP contribution is 2.00. The van der Waals surface area contributed by atoms with Gasteiger partial charge in [0, 0.05) is 5.33 Å². The van der Waals surface area contributed by atoms with E-state index >= 15 is 0 Å². The summed E-state index contributed by atoms with van der Waals surface area (Å²) in [5.41, 5.74) is 1.32. The minimum Gasteiger partial charge on any atom is -0.374 e. The van der Waals surface area contributed by atoms with Crippen LogP contribution >= 0.6 is 15.9 Å². The molecule has 0 N–H and O–H groups in total. The zero-order valence-electron chi connectivity index (χ0n) is 7.56. The molecule has 0 aromatic carbocycles. The van der Waals surface area contributed by atoms with Crippen LogP contribution < -0.4 is 0 Å². The lowest BCUT2D eigenvalue weighted by atomic mass is 10.2. The molecule has 0 aromatic rings. The van der Waals surface area contributed by atoms with E-state index in [0.717, 1.165) is 18.4 Å². The van der Waals surface area contributed by atoms with Gasteiger partial charge in [-0.25, -0.2) is 0 Å². The van der Waals surface area contributed by atoms with Gasteiger partial charge in [-0.1, -0.05) is 27.6 Å². The molecule has 0 saturated carbocycles. The van der Waals surface area contributed by atoms with Gasteiger partial charge < -0.3 is 4.74 Å². The maximum absolute atomic E-state index is 5.42. The number of allylic oxidation sites excluding steroid dienone is 1. The van der Waals surface area contributed by atoms with E-state index < -0.39 is 0 Å². The predicted octanol–water partition coefficient (Wildman–Crippen LogP) is 3.14. The summed E-state index contributed by atoms with van der Waals surface area (Å²) in [6.07, 6.45) is 3.63. The molecule has 0 rings (SSSR count). The highest BCUT2D eigenvalue weighted by Gasteiger charge is 1.93. The number of halogens is 1. The van der Waals surface area contributed by atoms with E-state index in [4.69, 9.17) is 4.74 Å². The summed E-state index contributed by atoms with van der Waals surface area (Å²) in [5.74, 6) is 0. The summed E-state index contributed by atoms with van der Waals surface area (Å²) in [6.45, 7) is 6.98. The molecule has 0 radical (unpaired) electrons. The third kappa shape index (κ3) is 8.08. The molecule has 0 aliphatic rings. The van der Waals surface area contributed by atoms with Crippen molar-refractivity contribution >= 4 is 15.9 Å². The Hall–Kier alpha value is 0.180. The van der Waals surface area contributed by atoms with E-state index in [2.05, 4.69) is 42.8 Å². The van der Waals surface area contributed by atoms with Gasteiger partial charge in [-0.05, 0) is 27.2 Å². The van der Waals surface area contributed by atoms with Gasteiger partial charge in [-0.3, -0.25) is 0 Å². The fourth-order valence-electron chi connectivity index (χ4n) is 0.658. The fraction of sp³-hybridized carbons (Fsp3) is 0.778. The van der Waals surface area contributed by atoms with Crippen molar-refractivity contribution in [3.05, 3.63) is 11.6 Å². The third-order valence-corrected chi connectivity index (χ3v) is 1.70. The zero-order valence-corrected chi connectivity index (χ0v) is 9.15. The highest BCUT2D eigenvalue weighted by atomic mass is 79.9. The van der Waals surface area contributed by atoms with Gasteiger partial charge in [-0.15, -0.1) is 0 Å². The Bertz CT molecular complexity index is 119. The molecule has 11 heavy (non-hydrogen) atoms. The maximum atomic E-state index is 5.42. The molecule has 0 spiro atoms. The van der Waals surface area contributed by atoms with Crippen molar-refractivity contribution in [3.63, 3.8) is 0 Å². The van der Waals surface area contributed by atoms with Gasteiger partial charge in [0.2, 0.25) is 0 Å². The number of alkyl halides is 1. The Morgan fingerprint density at radius 2 is 2.18 bits per heavy atom. The summed E-state index contributed by atoms with van der Waals surface area (Å²) >= 11 is 3.37. The molecule has 0 aliphatic heterocycles. The van der Waals surface area contributed by atoms with Crippen LogP contribution in [-0.4, -0.2) is 18.0 Å². The molecule has 0 amide bonds. The quantitative estimate of drug-likeness (QED) is 0.511. The summed E-state index contributed by atoms with van der Waals surface area (Å²) in [6, 6.07) is 0. The van der Waals surface area contributed by atoms with E-state index in [9.17, 15) is 0 Å². The first-order chi connectivity index (χ1) is 5.16. The van der Waals surface area contributed by atoms with Crippen molar-refractivity contribution in [2.75, 3.05) is 11.9 Å². The molecule has 0 aliphatic carbocycles. The number of hydrogen-bond donors (Lipinski definition) is 0. The van der Waals surface area contributed by atoms with Crippen LogP contribution in [0.25, 0.3) is 0 Å². The minimum absolute atomic E-state index is 0.335. The fourth-order valence-corrected chi connectivity index (χ4v) is 0.887. The molecule has 0 heterocycles. The van der Waals surface area contributed by atoms with Crippen LogP contribution in [0.5, 0.6) is 0 Å². The second kappa shape index (κ2) is 6.86. The first-order valence-electron chi connectivity index (χ1n) is 4.00. The van der Waals surface area contributed by atoms with Crippen LogP contribution in [0.1, 0.15) is 27.2 Å². The van der Waals surface area contributed by atoms with Crippen molar-refractivity contribution in [2.45, 2.75) is 33.3 Å². The summed E-state index contributed by atoms with van der Waals surface area (Å²) in [5, 5.41) is 1.03. The van der Waals surface area contributed by atoms with Gasteiger partial charge in [0.15, 0.2) is 0 Å². The molecule has 0 atom stereocenters. The van der Waals surface area contributed by atoms with Crippen LogP contribution in [0, 0.1) is 0 Å². The molecular formula is C9H17BrO. The standard InChI is InChI=1S/C9H17BrO/c1-8(2)11-7-9(3)5-4-6-10/h5,8H,4,6-7H2,1-3H3. The van der Waals surface area contributed by atoms with Gasteiger partial charge in [0.1, 0.15) is 0 Å². The van der Waals surface area contributed by atoms with Crippen LogP contribution in [-0.2, 0) is 4.74 Å². The largest absolute Gasteiger partial charge is 0.374 e. The van der Waals surface area contributed by atoms with Crippen LogP contribution in [0.4, 0.5) is 0 Å².